The first kappa shape index (κ1) is 15.5. The lowest BCUT2D eigenvalue weighted by molar-refractivity contribution is 0.0692. The van der Waals surface area contributed by atoms with Crippen molar-refractivity contribution >= 4 is 17.7 Å². The molecule has 0 bridgehead atoms. The number of rotatable bonds is 6. The zero-order chi connectivity index (χ0) is 15.2. The van der Waals surface area contributed by atoms with Crippen molar-refractivity contribution in [1.29, 1.82) is 0 Å². The minimum absolute atomic E-state index is 0.225. The molecule has 3 nitrogen and oxygen atoms in total. The van der Waals surface area contributed by atoms with Crippen LogP contribution in [-0.2, 0) is 6.42 Å². The molecule has 5 heteroatoms. The highest BCUT2D eigenvalue weighted by molar-refractivity contribution is 7.99. The van der Waals surface area contributed by atoms with Crippen LogP contribution in [0.2, 0.25) is 0 Å². The standard InChI is InChI=1S/C16H16FNO2S/c1-11(4-5-12-6-8-13(17)9-7-12)21-15-14(16(19)20)3-2-10-18-15/h2-3,6-11H,4-5H2,1H3,(H,19,20). The molecule has 0 aliphatic heterocycles. The summed E-state index contributed by atoms with van der Waals surface area (Å²) in [6.07, 6.45) is 3.29. The number of carboxylic acid groups (broad SMARTS) is 1. The van der Waals surface area contributed by atoms with Gasteiger partial charge in [0.05, 0.1) is 5.56 Å². The number of pyridine rings is 1. The van der Waals surface area contributed by atoms with Gasteiger partial charge in [-0.25, -0.2) is 14.2 Å². The predicted octanol–water partition coefficient (Wildman–Crippen LogP) is 4.03. The van der Waals surface area contributed by atoms with Crippen LogP contribution in [0.1, 0.15) is 29.3 Å². The van der Waals surface area contributed by atoms with E-state index in [0.717, 1.165) is 18.4 Å². The van der Waals surface area contributed by atoms with Gasteiger partial charge in [0, 0.05) is 11.4 Å². The van der Waals surface area contributed by atoms with Gasteiger partial charge in [0.2, 0.25) is 0 Å². The van der Waals surface area contributed by atoms with Gasteiger partial charge in [-0.2, -0.15) is 0 Å². The van der Waals surface area contributed by atoms with Crippen LogP contribution in [0.4, 0.5) is 4.39 Å². The zero-order valence-electron chi connectivity index (χ0n) is 11.6. The van der Waals surface area contributed by atoms with Crippen molar-refractivity contribution in [3.63, 3.8) is 0 Å². The van der Waals surface area contributed by atoms with Crippen LogP contribution in [0.25, 0.3) is 0 Å². The van der Waals surface area contributed by atoms with Crippen molar-refractivity contribution in [2.24, 2.45) is 0 Å². The number of thioether (sulfide) groups is 1. The largest absolute Gasteiger partial charge is 0.478 e. The molecule has 2 aromatic rings. The van der Waals surface area contributed by atoms with Crippen LogP contribution in [0.15, 0.2) is 47.6 Å². The third-order valence-electron chi connectivity index (χ3n) is 3.07. The van der Waals surface area contributed by atoms with Crippen LogP contribution in [0.5, 0.6) is 0 Å². The molecular formula is C16H16FNO2S. The number of aryl methyl sites for hydroxylation is 1. The Hall–Kier alpha value is -1.88. The van der Waals surface area contributed by atoms with Crippen molar-refractivity contribution < 1.29 is 14.3 Å². The number of carbonyl (C=O) groups is 1. The third-order valence-corrected chi connectivity index (χ3v) is 4.25. The molecule has 1 N–H and O–H groups in total. The molecule has 0 spiro atoms. The maximum atomic E-state index is 12.8. The van der Waals surface area contributed by atoms with Crippen molar-refractivity contribution in [1.82, 2.24) is 4.98 Å². The van der Waals surface area contributed by atoms with E-state index in [4.69, 9.17) is 5.11 Å². The Labute approximate surface area is 127 Å². The molecule has 0 aliphatic rings. The summed E-state index contributed by atoms with van der Waals surface area (Å²) >= 11 is 1.45. The normalized spacial score (nSPS) is 12.1. The summed E-state index contributed by atoms with van der Waals surface area (Å²) in [5.41, 5.74) is 1.31. The van der Waals surface area contributed by atoms with E-state index >= 15 is 0 Å². The maximum absolute atomic E-state index is 12.8. The number of aromatic nitrogens is 1. The quantitative estimate of drug-likeness (QED) is 0.819. The monoisotopic (exact) mass is 305 g/mol. The molecular weight excluding hydrogens is 289 g/mol. The van der Waals surface area contributed by atoms with Gasteiger partial charge in [-0.3, -0.25) is 0 Å². The van der Waals surface area contributed by atoms with E-state index in [2.05, 4.69) is 4.98 Å². The topological polar surface area (TPSA) is 50.2 Å². The van der Waals surface area contributed by atoms with Gasteiger partial charge in [-0.05, 0) is 42.7 Å². The Bertz CT molecular complexity index is 616. The summed E-state index contributed by atoms with van der Waals surface area (Å²) in [6, 6.07) is 9.64. The van der Waals surface area contributed by atoms with Gasteiger partial charge >= 0.3 is 5.97 Å². The van der Waals surface area contributed by atoms with Gasteiger partial charge in [0.25, 0.3) is 0 Å². The van der Waals surface area contributed by atoms with Crippen molar-refractivity contribution in [3.8, 4) is 0 Å². The van der Waals surface area contributed by atoms with E-state index in [1.807, 2.05) is 6.92 Å². The van der Waals surface area contributed by atoms with Crippen LogP contribution in [0, 0.1) is 5.82 Å². The van der Waals surface area contributed by atoms with E-state index in [1.165, 1.54) is 23.9 Å². The van der Waals surface area contributed by atoms with E-state index in [-0.39, 0.29) is 16.6 Å². The van der Waals surface area contributed by atoms with Crippen LogP contribution >= 0.6 is 11.8 Å². The molecule has 0 amide bonds. The lowest BCUT2D eigenvalue weighted by atomic mass is 10.1. The Morgan fingerprint density at radius 1 is 1.33 bits per heavy atom. The average Bonchev–Trinajstić information content (AvgIpc) is 2.47. The minimum Gasteiger partial charge on any atom is -0.478 e. The van der Waals surface area contributed by atoms with Crippen molar-refractivity contribution in [3.05, 3.63) is 59.5 Å². The summed E-state index contributed by atoms with van der Waals surface area (Å²) < 4.78 is 12.8. The third kappa shape index (κ3) is 4.56. The second-order valence-corrected chi connectivity index (χ2v) is 6.18. The van der Waals surface area contributed by atoms with Crippen molar-refractivity contribution in [2.45, 2.75) is 30.0 Å². The molecule has 110 valence electrons. The van der Waals surface area contributed by atoms with E-state index in [1.54, 1.807) is 30.5 Å². The van der Waals surface area contributed by atoms with Crippen LogP contribution in [0.3, 0.4) is 0 Å². The molecule has 0 aliphatic carbocycles. The number of nitrogens with zero attached hydrogens (tertiary/aromatic N) is 1. The first-order valence-electron chi connectivity index (χ1n) is 6.65. The fourth-order valence-electron chi connectivity index (χ4n) is 1.92. The Kier molecular flexibility index (Phi) is 5.33. The first-order valence-corrected chi connectivity index (χ1v) is 7.53. The minimum atomic E-state index is -0.962. The first-order chi connectivity index (χ1) is 10.1. The number of halogens is 1. The number of benzene rings is 1. The second kappa shape index (κ2) is 7.22. The Morgan fingerprint density at radius 2 is 2.05 bits per heavy atom. The SMILES string of the molecule is CC(CCc1ccc(F)cc1)Sc1ncccc1C(=O)O. The highest BCUT2D eigenvalue weighted by atomic mass is 32.2. The smallest absolute Gasteiger partial charge is 0.338 e. The Morgan fingerprint density at radius 3 is 2.71 bits per heavy atom. The van der Waals surface area contributed by atoms with Crippen LogP contribution < -0.4 is 0 Å². The van der Waals surface area contributed by atoms with Crippen molar-refractivity contribution in [2.75, 3.05) is 0 Å². The molecule has 1 aromatic heterocycles. The lowest BCUT2D eigenvalue weighted by Crippen LogP contribution is -2.04. The van der Waals surface area contributed by atoms with Crippen LogP contribution in [-0.4, -0.2) is 21.3 Å². The molecule has 2 rings (SSSR count). The number of aromatic carboxylic acids is 1. The summed E-state index contributed by atoms with van der Waals surface area (Å²) in [5.74, 6) is -1.20. The van der Waals surface area contributed by atoms with Gasteiger partial charge in [0.15, 0.2) is 0 Å². The van der Waals surface area contributed by atoms with E-state index in [0.29, 0.717) is 5.03 Å². The summed E-state index contributed by atoms with van der Waals surface area (Å²) in [4.78, 5) is 15.3. The van der Waals surface area contributed by atoms with Gasteiger partial charge < -0.3 is 5.11 Å². The average molecular weight is 305 g/mol. The summed E-state index contributed by atoms with van der Waals surface area (Å²) in [6.45, 7) is 2.04. The molecule has 0 radical (unpaired) electrons. The zero-order valence-corrected chi connectivity index (χ0v) is 12.4. The van der Waals surface area contributed by atoms with Gasteiger partial charge in [0.1, 0.15) is 10.8 Å². The fourth-order valence-corrected chi connectivity index (χ4v) is 2.94. The van der Waals surface area contributed by atoms with Gasteiger partial charge in [-0.1, -0.05) is 19.1 Å². The number of hydrogen-bond donors (Lipinski definition) is 1. The van der Waals surface area contributed by atoms with E-state index in [9.17, 15) is 9.18 Å². The highest BCUT2D eigenvalue weighted by Gasteiger charge is 2.14. The summed E-state index contributed by atoms with van der Waals surface area (Å²) in [7, 11) is 0. The molecule has 1 aromatic carbocycles. The Balaban J connectivity index is 1.94. The lowest BCUT2D eigenvalue weighted by Gasteiger charge is -2.12. The number of carboxylic acids is 1. The molecule has 0 saturated heterocycles. The summed E-state index contributed by atoms with van der Waals surface area (Å²) in [5, 5.41) is 9.89. The predicted molar refractivity (Wildman–Crippen MR) is 81.2 cm³/mol. The fraction of sp³-hybridized carbons (Fsp3) is 0.250. The molecule has 0 fully saturated rings. The maximum Gasteiger partial charge on any atom is 0.338 e. The molecule has 0 saturated carbocycles. The van der Waals surface area contributed by atoms with E-state index < -0.39 is 5.97 Å². The second-order valence-electron chi connectivity index (χ2n) is 4.75. The molecule has 1 heterocycles. The number of hydrogen-bond acceptors (Lipinski definition) is 3. The highest BCUT2D eigenvalue weighted by Crippen LogP contribution is 2.27. The molecule has 21 heavy (non-hydrogen) atoms. The molecule has 1 unspecified atom stereocenters. The van der Waals surface area contributed by atoms with Gasteiger partial charge in [-0.15, -0.1) is 11.8 Å². The molecule has 1 atom stereocenters.